The third-order valence-corrected chi connectivity index (χ3v) is 3.05. The highest BCUT2D eigenvalue weighted by Crippen LogP contribution is 2.22. The van der Waals surface area contributed by atoms with E-state index in [1.54, 1.807) is 6.92 Å². The predicted octanol–water partition coefficient (Wildman–Crippen LogP) is 1.63. The van der Waals surface area contributed by atoms with Gasteiger partial charge in [-0.15, -0.1) is 0 Å². The lowest BCUT2D eigenvalue weighted by molar-refractivity contribution is -0.154. The summed E-state index contributed by atoms with van der Waals surface area (Å²) in [6.07, 6.45) is 5.39. The zero-order valence-corrected chi connectivity index (χ0v) is 10.1. The van der Waals surface area contributed by atoms with Crippen LogP contribution in [0.1, 0.15) is 46.0 Å². The average Bonchev–Trinajstić information content (AvgIpc) is 2.44. The second-order valence-electron chi connectivity index (χ2n) is 4.50. The molecular weight excluding hydrogens is 206 g/mol. The van der Waals surface area contributed by atoms with Crippen LogP contribution in [0, 0.1) is 5.92 Å². The molecule has 0 bridgehead atoms. The lowest BCUT2D eigenvalue weighted by Crippen LogP contribution is -2.39. The van der Waals surface area contributed by atoms with E-state index in [9.17, 15) is 9.59 Å². The summed E-state index contributed by atoms with van der Waals surface area (Å²) < 4.78 is 4.65. The lowest BCUT2D eigenvalue weighted by Gasteiger charge is -2.15. The van der Waals surface area contributed by atoms with Crippen LogP contribution in [0.2, 0.25) is 0 Å². The summed E-state index contributed by atoms with van der Waals surface area (Å²) >= 11 is 0. The number of ether oxygens (including phenoxy) is 1. The van der Waals surface area contributed by atoms with E-state index >= 15 is 0 Å². The average molecular weight is 227 g/mol. The summed E-state index contributed by atoms with van der Waals surface area (Å²) in [5, 5.41) is 2.75. The molecule has 1 aliphatic carbocycles. The summed E-state index contributed by atoms with van der Waals surface area (Å²) in [7, 11) is 0. The van der Waals surface area contributed by atoms with Crippen LogP contribution < -0.4 is 5.32 Å². The van der Waals surface area contributed by atoms with Gasteiger partial charge in [-0.1, -0.05) is 19.8 Å². The van der Waals surface area contributed by atoms with Crippen LogP contribution in [-0.2, 0) is 14.3 Å². The van der Waals surface area contributed by atoms with Gasteiger partial charge in [-0.05, 0) is 32.1 Å². The normalized spacial score (nSPS) is 25.6. The van der Waals surface area contributed by atoms with Crippen molar-refractivity contribution in [3.63, 3.8) is 0 Å². The van der Waals surface area contributed by atoms with Gasteiger partial charge in [-0.25, -0.2) is 4.79 Å². The Morgan fingerprint density at radius 1 is 1.25 bits per heavy atom. The van der Waals surface area contributed by atoms with Crippen molar-refractivity contribution in [1.29, 1.82) is 0 Å². The molecule has 2 unspecified atom stereocenters. The van der Waals surface area contributed by atoms with Gasteiger partial charge in [0, 0.05) is 6.04 Å². The Morgan fingerprint density at radius 2 is 2.00 bits per heavy atom. The van der Waals surface area contributed by atoms with Gasteiger partial charge in [0.1, 0.15) is 0 Å². The fourth-order valence-corrected chi connectivity index (χ4v) is 2.07. The van der Waals surface area contributed by atoms with Crippen LogP contribution in [0.4, 0.5) is 0 Å². The van der Waals surface area contributed by atoms with Crippen molar-refractivity contribution in [3.8, 4) is 0 Å². The number of nitrogens with one attached hydrogen (secondary N) is 1. The molecule has 4 nitrogen and oxygen atoms in total. The van der Waals surface area contributed by atoms with Crippen LogP contribution in [0.3, 0.4) is 0 Å². The highest BCUT2D eigenvalue weighted by Gasteiger charge is 2.21. The Labute approximate surface area is 96.7 Å². The molecular formula is C12H21NO3. The van der Waals surface area contributed by atoms with E-state index in [1.807, 2.05) is 0 Å². The zero-order chi connectivity index (χ0) is 12.0. The fraction of sp³-hybridized carbons (Fsp3) is 0.833. The first-order valence-corrected chi connectivity index (χ1v) is 6.11. The van der Waals surface area contributed by atoms with Gasteiger partial charge in [0.25, 0.3) is 0 Å². The first-order valence-electron chi connectivity index (χ1n) is 6.11. The molecule has 16 heavy (non-hydrogen) atoms. The van der Waals surface area contributed by atoms with Crippen molar-refractivity contribution in [1.82, 2.24) is 5.32 Å². The van der Waals surface area contributed by atoms with Crippen LogP contribution in [0.15, 0.2) is 0 Å². The molecule has 1 N–H and O–H groups in total. The molecule has 0 heterocycles. The molecule has 1 saturated carbocycles. The van der Waals surface area contributed by atoms with Gasteiger partial charge in [-0.2, -0.15) is 0 Å². The molecule has 0 aromatic heterocycles. The number of amides is 1. The topological polar surface area (TPSA) is 55.4 Å². The van der Waals surface area contributed by atoms with E-state index in [-0.39, 0.29) is 12.6 Å². The van der Waals surface area contributed by atoms with E-state index in [0.29, 0.717) is 0 Å². The number of rotatable bonds is 2. The number of carbonyl (C=O) groups excluding carboxylic acids is 2. The lowest BCUT2D eigenvalue weighted by atomic mass is 10.0. The van der Waals surface area contributed by atoms with Crippen molar-refractivity contribution >= 4 is 11.9 Å². The largest absolute Gasteiger partial charge is 0.459 e. The summed E-state index contributed by atoms with van der Waals surface area (Å²) in [5.41, 5.74) is 0. The van der Waals surface area contributed by atoms with Crippen molar-refractivity contribution in [2.75, 3.05) is 6.61 Å². The Morgan fingerprint density at radius 3 is 2.69 bits per heavy atom. The van der Waals surface area contributed by atoms with E-state index in [4.69, 9.17) is 0 Å². The second-order valence-corrected chi connectivity index (χ2v) is 4.50. The van der Waals surface area contributed by atoms with E-state index in [2.05, 4.69) is 17.0 Å². The van der Waals surface area contributed by atoms with E-state index < -0.39 is 11.9 Å². The smallest absolute Gasteiger partial charge is 0.396 e. The first-order chi connectivity index (χ1) is 7.63. The predicted molar refractivity (Wildman–Crippen MR) is 60.8 cm³/mol. The van der Waals surface area contributed by atoms with Crippen molar-refractivity contribution in [3.05, 3.63) is 0 Å². The summed E-state index contributed by atoms with van der Waals surface area (Å²) in [6, 6.07) is 0.141. The summed E-state index contributed by atoms with van der Waals surface area (Å²) in [5.74, 6) is -0.634. The van der Waals surface area contributed by atoms with Gasteiger partial charge in [0.05, 0.1) is 6.61 Å². The zero-order valence-electron chi connectivity index (χ0n) is 10.1. The van der Waals surface area contributed by atoms with Gasteiger partial charge in [0.2, 0.25) is 0 Å². The number of hydrogen-bond donors (Lipinski definition) is 1. The second kappa shape index (κ2) is 6.51. The molecule has 0 spiro atoms. The molecule has 0 aliphatic heterocycles. The summed E-state index contributed by atoms with van der Waals surface area (Å²) in [4.78, 5) is 22.5. The molecule has 1 aliphatic rings. The molecule has 1 amide bonds. The summed E-state index contributed by atoms with van der Waals surface area (Å²) in [6.45, 7) is 4.17. The van der Waals surface area contributed by atoms with Crippen molar-refractivity contribution in [2.45, 2.75) is 52.0 Å². The van der Waals surface area contributed by atoms with E-state index in [1.165, 1.54) is 6.42 Å². The molecule has 0 aromatic carbocycles. The van der Waals surface area contributed by atoms with Crippen molar-refractivity contribution in [2.24, 2.45) is 5.92 Å². The first kappa shape index (κ1) is 13.0. The molecule has 92 valence electrons. The van der Waals surface area contributed by atoms with Gasteiger partial charge in [0.15, 0.2) is 0 Å². The molecule has 0 aromatic rings. The third kappa shape index (κ3) is 4.21. The quantitative estimate of drug-likeness (QED) is 0.443. The van der Waals surface area contributed by atoms with Crippen LogP contribution in [0.5, 0.6) is 0 Å². The van der Waals surface area contributed by atoms with Crippen molar-refractivity contribution < 1.29 is 14.3 Å². The maximum atomic E-state index is 11.4. The molecule has 0 radical (unpaired) electrons. The molecule has 1 rings (SSSR count). The molecule has 1 fully saturated rings. The minimum atomic E-state index is -0.764. The molecule has 4 heteroatoms. The van der Waals surface area contributed by atoms with Gasteiger partial charge < -0.3 is 10.1 Å². The molecule has 2 atom stereocenters. The highest BCUT2D eigenvalue weighted by molar-refractivity contribution is 6.32. The SMILES string of the molecule is CCOC(=O)C(=O)NC1CCCC(C)CC1. The highest BCUT2D eigenvalue weighted by atomic mass is 16.5. The number of hydrogen-bond acceptors (Lipinski definition) is 3. The third-order valence-electron chi connectivity index (χ3n) is 3.05. The maximum Gasteiger partial charge on any atom is 0.396 e. The Bertz CT molecular complexity index is 253. The standard InChI is InChI=1S/C12H21NO3/c1-3-16-12(15)11(14)13-10-6-4-5-9(2)7-8-10/h9-10H,3-8H2,1-2H3,(H,13,14). The Hall–Kier alpha value is -1.06. The Kier molecular flexibility index (Phi) is 5.29. The van der Waals surface area contributed by atoms with Crippen LogP contribution in [0.25, 0.3) is 0 Å². The van der Waals surface area contributed by atoms with Gasteiger partial charge in [-0.3, -0.25) is 4.79 Å². The maximum absolute atomic E-state index is 11.4. The fourth-order valence-electron chi connectivity index (χ4n) is 2.07. The molecule has 0 saturated heterocycles. The van der Waals surface area contributed by atoms with Crippen LogP contribution in [-0.4, -0.2) is 24.5 Å². The minimum Gasteiger partial charge on any atom is -0.459 e. The number of esters is 1. The van der Waals surface area contributed by atoms with Crippen LogP contribution >= 0.6 is 0 Å². The van der Waals surface area contributed by atoms with Gasteiger partial charge >= 0.3 is 11.9 Å². The number of carbonyl (C=O) groups is 2. The monoisotopic (exact) mass is 227 g/mol. The van der Waals surface area contributed by atoms with E-state index in [0.717, 1.165) is 31.6 Å². The minimum absolute atomic E-state index is 0.141. The Balaban J connectivity index is 2.35.